The van der Waals surface area contributed by atoms with Crippen molar-refractivity contribution in [1.29, 1.82) is 0 Å². The molecule has 6 N–H and O–H groups in total. The minimum absolute atomic E-state index is 0.206. The Morgan fingerprint density at radius 2 is 1.90 bits per heavy atom. The lowest BCUT2D eigenvalue weighted by Gasteiger charge is -2.38. The van der Waals surface area contributed by atoms with Crippen molar-refractivity contribution >= 4 is 5.91 Å². The van der Waals surface area contributed by atoms with E-state index in [0.29, 0.717) is 25.9 Å². The van der Waals surface area contributed by atoms with Gasteiger partial charge in [0.15, 0.2) is 6.29 Å². The summed E-state index contributed by atoms with van der Waals surface area (Å²) in [6.07, 6.45) is -2.71. The van der Waals surface area contributed by atoms with Crippen LogP contribution < -0.4 is 11.3 Å². The molecule has 8 nitrogen and oxygen atoms in total. The molecule has 20 heavy (non-hydrogen) atoms. The molecule has 1 rings (SSSR count). The standard InChI is InChI=1S/C12H24N2O6/c1-7-9(16)10(17)11(18)12(20-7)19-6-4-2-3-5-8(15)14-13/h7,9-12,16-18H,2-6,13H2,1H3,(H,14,15)/t7-,9-,10+,11+,12+/m0/s1. The van der Waals surface area contributed by atoms with Crippen molar-refractivity contribution in [1.82, 2.24) is 5.43 Å². The summed E-state index contributed by atoms with van der Waals surface area (Å²) in [5, 5.41) is 28.8. The van der Waals surface area contributed by atoms with Crippen LogP contribution in [-0.4, -0.2) is 58.5 Å². The third-order valence-corrected chi connectivity index (χ3v) is 3.30. The second-order valence-corrected chi connectivity index (χ2v) is 4.93. The van der Waals surface area contributed by atoms with Crippen molar-refractivity contribution in [3.63, 3.8) is 0 Å². The maximum Gasteiger partial charge on any atom is 0.233 e. The number of ether oxygens (including phenoxy) is 2. The smallest absolute Gasteiger partial charge is 0.233 e. The van der Waals surface area contributed by atoms with E-state index >= 15 is 0 Å². The first kappa shape index (κ1) is 17.3. The Bertz CT molecular complexity index is 304. The number of hydrazine groups is 1. The number of hydrogen-bond donors (Lipinski definition) is 5. The SMILES string of the molecule is C[C@@H]1O[C@@H](OCCCCCC(=O)NN)[C@H](O)[C@H](O)[C@H]1O. The van der Waals surface area contributed by atoms with E-state index < -0.39 is 30.7 Å². The van der Waals surface area contributed by atoms with Crippen molar-refractivity contribution in [2.75, 3.05) is 6.61 Å². The zero-order valence-corrected chi connectivity index (χ0v) is 11.6. The molecule has 118 valence electrons. The lowest BCUT2D eigenvalue weighted by Crippen LogP contribution is -2.57. The highest BCUT2D eigenvalue weighted by molar-refractivity contribution is 5.74. The minimum Gasteiger partial charge on any atom is -0.388 e. The average molecular weight is 292 g/mol. The molecule has 0 bridgehead atoms. The second-order valence-electron chi connectivity index (χ2n) is 4.93. The first-order valence-corrected chi connectivity index (χ1v) is 6.78. The molecular formula is C12H24N2O6. The maximum absolute atomic E-state index is 10.9. The summed E-state index contributed by atoms with van der Waals surface area (Å²) in [4.78, 5) is 10.9. The van der Waals surface area contributed by atoms with Gasteiger partial charge in [0.2, 0.25) is 5.91 Å². The van der Waals surface area contributed by atoms with Crippen LogP contribution in [0.2, 0.25) is 0 Å². The molecule has 1 aliphatic rings. The number of nitrogens with one attached hydrogen (secondary N) is 1. The van der Waals surface area contributed by atoms with Crippen LogP contribution in [0, 0.1) is 0 Å². The first-order chi connectivity index (χ1) is 9.47. The summed E-state index contributed by atoms with van der Waals surface area (Å²) in [6, 6.07) is 0. The van der Waals surface area contributed by atoms with Gasteiger partial charge in [0, 0.05) is 13.0 Å². The maximum atomic E-state index is 10.9. The molecule has 0 spiro atoms. The van der Waals surface area contributed by atoms with E-state index in [9.17, 15) is 20.1 Å². The molecule has 0 unspecified atom stereocenters. The topological polar surface area (TPSA) is 134 Å². The van der Waals surface area contributed by atoms with Gasteiger partial charge in [-0.15, -0.1) is 0 Å². The number of aliphatic hydroxyl groups is 3. The highest BCUT2D eigenvalue weighted by Gasteiger charge is 2.42. The summed E-state index contributed by atoms with van der Waals surface area (Å²) in [7, 11) is 0. The summed E-state index contributed by atoms with van der Waals surface area (Å²) in [5.74, 6) is 4.74. The number of nitrogens with two attached hydrogens (primary N) is 1. The predicted octanol–water partition coefficient (Wildman–Crippen LogP) is -1.62. The van der Waals surface area contributed by atoms with Crippen LogP contribution >= 0.6 is 0 Å². The molecule has 1 fully saturated rings. The molecule has 5 atom stereocenters. The van der Waals surface area contributed by atoms with Gasteiger partial charge in [-0.25, -0.2) is 5.84 Å². The van der Waals surface area contributed by atoms with Crippen molar-refractivity contribution in [2.45, 2.75) is 63.3 Å². The number of hydrogen-bond acceptors (Lipinski definition) is 7. The van der Waals surface area contributed by atoms with Crippen molar-refractivity contribution in [3.05, 3.63) is 0 Å². The lowest BCUT2D eigenvalue weighted by atomic mass is 10.0. The third kappa shape index (κ3) is 4.97. The van der Waals surface area contributed by atoms with Crippen molar-refractivity contribution < 1.29 is 29.6 Å². The second kappa shape index (κ2) is 8.50. The molecule has 0 aromatic rings. The number of unbranched alkanes of at least 4 members (excludes halogenated alkanes) is 2. The molecule has 1 heterocycles. The molecule has 1 aliphatic heterocycles. The van der Waals surface area contributed by atoms with E-state index in [1.54, 1.807) is 6.92 Å². The van der Waals surface area contributed by atoms with Crippen LogP contribution in [0.1, 0.15) is 32.6 Å². The van der Waals surface area contributed by atoms with E-state index in [0.717, 1.165) is 6.42 Å². The zero-order chi connectivity index (χ0) is 15.1. The van der Waals surface area contributed by atoms with Gasteiger partial charge in [0.25, 0.3) is 0 Å². The van der Waals surface area contributed by atoms with Crippen LogP contribution in [0.15, 0.2) is 0 Å². The Kier molecular flexibility index (Phi) is 7.35. The minimum atomic E-state index is -1.28. The van der Waals surface area contributed by atoms with Gasteiger partial charge in [-0.05, 0) is 19.8 Å². The fraction of sp³-hybridized carbons (Fsp3) is 0.917. The van der Waals surface area contributed by atoms with Crippen molar-refractivity contribution in [3.8, 4) is 0 Å². The average Bonchev–Trinajstić information content (AvgIpc) is 2.45. The molecule has 1 amide bonds. The predicted molar refractivity (Wildman–Crippen MR) is 69.1 cm³/mol. The molecule has 0 aromatic carbocycles. The van der Waals surface area contributed by atoms with Crippen LogP contribution in [0.5, 0.6) is 0 Å². The van der Waals surface area contributed by atoms with Gasteiger partial charge in [-0.2, -0.15) is 0 Å². The van der Waals surface area contributed by atoms with E-state index in [1.807, 2.05) is 0 Å². The number of amides is 1. The van der Waals surface area contributed by atoms with Crippen molar-refractivity contribution in [2.24, 2.45) is 5.84 Å². The highest BCUT2D eigenvalue weighted by atomic mass is 16.7. The molecule has 1 saturated heterocycles. The van der Waals surface area contributed by atoms with E-state index in [2.05, 4.69) is 5.43 Å². The van der Waals surface area contributed by atoms with E-state index in [1.165, 1.54) is 0 Å². The van der Waals surface area contributed by atoms with Crippen LogP contribution in [0.25, 0.3) is 0 Å². The summed E-state index contributed by atoms with van der Waals surface area (Å²) in [5.41, 5.74) is 2.05. The number of carbonyl (C=O) groups is 1. The highest BCUT2D eigenvalue weighted by Crippen LogP contribution is 2.21. The van der Waals surface area contributed by atoms with Gasteiger partial charge in [0.1, 0.15) is 18.3 Å². The van der Waals surface area contributed by atoms with Crippen LogP contribution in [0.3, 0.4) is 0 Å². The van der Waals surface area contributed by atoms with Crippen LogP contribution in [-0.2, 0) is 14.3 Å². The lowest BCUT2D eigenvalue weighted by molar-refractivity contribution is -0.293. The summed E-state index contributed by atoms with van der Waals surface area (Å²) < 4.78 is 10.6. The van der Waals surface area contributed by atoms with E-state index in [-0.39, 0.29) is 5.91 Å². The van der Waals surface area contributed by atoms with Gasteiger partial charge in [0.05, 0.1) is 6.10 Å². The largest absolute Gasteiger partial charge is 0.388 e. The fourth-order valence-corrected chi connectivity index (χ4v) is 1.99. The Hall–Kier alpha value is -0.770. The zero-order valence-electron chi connectivity index (χ0n) is 11.6. The molecular weight excluding hydrogens is 268 g/mol. The summed E-state index contributed by atoms with van der Waals surface area (Å²) in [6.45, 7) is 1.93. The Labute approximate surface area is 117 Å². The molecule has 0 aromatic heterocycles. The Morgan fingerprint density at radius 1 is 1.20 bits per heavy atom. The Morgan fingerprint density at radius 3 is 2.55 bits per heavy atom. The molecule has 0 saturated carbocycles. The fourth-order valence-electron chi connectivity index (χ4n) is 1.99. The van der Waals surface area contributed by atoms with E-state index in [4.69, 9.17) is 15.3 Å². The van der Waals surface area contributed by atoms with Gasteiger partial charge in [-0.3, -0.25) is 10.2 Å². The van der Waals surface area contributed by atoms with Crippen LogP contribution in [0.4, 0.5) is 0 Å². The Balaban J connectivity index is 2.17. The molecule has 0 radical (unpaired) electrons. The normalized spacial score (nSPS) is 34.0. The number of rotatable bonds is 7. The number of carbonyl (C=O) groups excluding carboxylic acids is 1. The third-order valence-electron chi connectivity index (χ3n) is 3.30. The van der Waals surface area contributed by atoms with Gasteiger partial charge in [-0.1, -0.05) is 6.42 Å². The summed E-state index contributed by atoms with van der Waals surface area (Å²) >= 11 is 0. The quantitative estimate of drug-likeness (QED) is 0.165. The monoisotopic (exact) mass is 292 g/mol. The van der Waals surface area contributed by atoms with Gasteiger partial charge < -0.3 is 24.8 Å². The first-order valence-electron chi connectivity index (χ1n) is 6.78. The molecule has 8 heteroatoms. The van der Waals surface area contributed by atoms with Gasteiger partial charge >= 0.3 is 0 Å². The number of aliphatic hydroxyl groups excluding tert-OH is 3. The molecule has 0 aliphatic carbocycles.